The van der Waals surface area contributed by atoms with Crippen LogP contribution >= 0.6 is 0 Å². The average Bonchev–Trinajstić information content (AvgIpc) is 2.54. The minimum atomic E-state index is -0.397. The molecule has 2 rings (SSSR count). The Balaban J connectivity index is 1.88. The molecule has 0 saturated carbocycles. The standard InChI is InChI=1S/C19H23FN2O/c1-13(2)15-8-10-17(11-9-15)22-14(3)19(23)21-12-16-6-4-5-7-18(16)20/h4-11,13-14,22H,12H2,1-3H3,(H,21,23). The van der Waals surface area contributed by atoms with E-state index in [1.807, 2.05) is 12.1 Å². The largest absolute Gasteiger partial charge is 0.374 e. The van der Waals surface area contributed by atoms with Gasteiger partial charge in [0, 0.05) is 17.8 Å². The SMILES string of the molecule is CC(Nc1ccc(C(C)C)cc1)C(=O)NCc1ccccc1F. The minimum absolute atomic E-state index is 0.166. The maximum atomic E-state index is 13.5. The molecule has 1 amide bonds. The van der Waals surface area contributed by atoms with Crippen LogP contribution in [0.25, 0.3) is 0 Å². The first-order valence-electron chi connectivity index (χ1n) is 7.85. The van der Waals surface area contributed by atoms with Crippen LogP contribution in [0.1, 0.15) is 37.8 Å². The fourth-order valence-corrected chi connectivity index (χ4v) is 2.26. The molecule has 0 spiro atoms. The van der Waals surface area contributed by atoms with E-state index >= 15 is 0 Å². The van der Waals surface area contributed by atoms with Gasteiger partial charge in [-0.2, -0.15) is 0 Å². The highest BCUT2D eigenvalue weighted by Gasteiger charge is 2.13. The molecule has 122 valence electrons. The van der Waals surface area contributed by atoms with Gasteiger partial charge in [-0.05, 0) is 36.6 Å². The minimum Gasteiger partial charge on any atom is -0.374 e. The summed E-state index contributed by atoms with van der Waals surface area (Å²) >= 11 is 0. The summed E-state index contributed by atoms with van der Waals surface area (Å²) in [5, 5.41) is 5.90. The molecule has 0 aliphatic heterocycles. The topological polar surface area (TPSA) is 41.1 Å². The molecule has 0 aliphatic rings. The van der Waals surface area contributed by atoms with Gasteiger partial charge >= 0.3 is 0 Å². The normalized spacial score (nSPS) is 12.0. The van der Waals surface area contributed by atoms with E-state index in [4.69, 9.17) is 0 Å². The summed E-state index contributed by atoms with van der Waals surface area (Å²) in [5.41, 5.74) is 2.63. The van der Waals surface area contributed by atoms with Gasteiger partial charge in [-0.25, -0.2) is 4.39 Å². The van der Waals surface area contributed by atoms with Gasteiger partial charge in [0.1, 0.15) is 11.9 Å². The van der Waals surface area contributed by atoms with Crippen LogP contribution in [0.5, 0.6) is 0 Å². The molecule has 0 radical (unpaired) electrons. The highest BCUT2D eigenvalue weighted by Crippen LogP contribution is 2.17. The van der Waals surface area contributed by atoms with Gasteiger partial charge in [0.15, 0.2) is 0 Å². The zero-order valence-corrected chi connectivity index (χ0v) is 13.8. The Morgan fingerprint density at radius 3 is 2.30 bits per heavy atom. The lowest BCUT2D eigenvalue weighted by Gasteiger charge is -2.16. The molecular weight excluding hydrogens is 291 g/mol. The van der Waals surface area contributed by atoms with Crippen molar-refractivity contribution >= 4 is 11.6 Å². The predicted octanol–water partition coefficient (Wildman–Crippen LogP) is 4.07. The van der Waals surface area contributed by atoms with E-state index in [9.17, 15) is 9.18 Å². The van der Waals surface area contributed by atoms with Crippen molar-refractivity contribution in [3.05, 3.63) is 65.5 Å². The van der Waals surface area contributed by atoms with Crippen molar-refractivity contribution in [2.75, 3.05) is 5.32 Å². The van der Waals surface area contributed by atoms with Crippen LogP contribution in [0.3, 0.4) is 0 Å². The summed E-state index contributed by atoms with van der Waals surface area (Å²) in [4.78, 5) is 12.1. The molecular formula is C19H23FN2O. The van der Waals surface area contributed by atoms with Crippen molar-refractivity contribution in [2.45, 2.75) is 39.3 Å². The lowest BCUT2D eigenvalue weighted by molar-refractivity contribution is -0.121. The lowest BCUT2D eigenvalue weighted by atomic mass is 10.0. The van der Waals surface area contributed by atoms with Crippen LogP contribution in [0.15, 0.2) is 48.5 Å². The smallest absolute Gasteiger partial charge is 0.242 e. The van der Waals surface area contributed by atoms with Gasteiger partial charge in [-0.15, -0.1) is 0 Å². The summed E-state index contributed by atoms with van der Waals surface area (Å²) in [5.74, 6) is 0.00409. The second-order valence-corrected chi connectivity index (χ2v) is 5.95. The maximum absolute atomic E-state index is 13.5. The molecule has 23 heavy (non-hydrogen) atoms. The van der Waals surface area contributed by atoms with Gasteiger partial charge in [0.05, 0.1) is 0 Å². The van der Waals surface area contributed by atoms with E-state index in [1.54, 1.807) is 25.1 Å². The van der Waals surface area contributed by atoms with E-state index in [1.165, 1.54) is 11.6 Å². The Bertz CT molecular complexity index is 653. The van der Waals surface area contributed by atoms with Crippen LogP contribution < -0.4 is 10.6 Å². The molecule has 0 aliphatic carbocycles. The summed E-state index contributed by atoms with van der Waals surface area (Å²) in [6.07, 6.45) is 0. The van der Waals surface area contributed by atoms with Gasteiger partial charge in [0.2, 0.25) is 5.91 Å². The van der Waals surface area contributed by atoms with Crippen LogP contribution in [0.2, 0.25) is 0 Å². The Morgan fingerprint density at radius 2 is 1.70 bits per heavy atom. The zero-order valence-electron chi connectivity index (χ0n) is 13.8. The highest BCUT2D eigenvalue weighted by atomic mass is 19.1. The first kappa shape index (κ1) is 17.0. The molecule has 0 aromatic heterocycles. The van der Waals surface area contributed by atoms with Crippen LogP contribution in [0, 0.1) is 5.82 Å². The number of nitrogens with one attached hydrogen (secondary N) is 2. The third kappa shape index (κ3) is 4.81. The second kappa shape index (κ2) is 7.77. The molecule has 2 N–H and O–H groups in total. The van der Waals surface area contributed by atoms with Gasteiger partial charge < -0.3 is 10.6 Å². The quantitative estimate of drug-likeness (QED) is 0.844. The number of benzene rings is 2. The maximum Gasteiger partial charge on any atom is 0.242 e. The van der Waals surface area contributed by atoms with Crippen molar-refractivity contribution in [3.8, 4) is 0 Å². The summed E-state index contributed by atoms with van der Waals surface area (Å²) in [7, 11) is 0. The first-order valence-corrected chi connectivity index (χ1v) is 7.85. The van der Waals surface area contributed by atoms with Crippen molar-refractivity contribution in [3.63, 3.8) is 0 Å². The molecule has 2 aromatic carbocycles. The van der Waals surface area contributed by atoms with Gasteiger partial charge in [-0.3, -0.25) is 4.79 Å². The lowest BCUT2D eigenvalue weighted by Crippen LogP contribution is -2.37. The van der Waals surface area contributed by atoms with E-state index < -0.39 is 6.04 Å². The average molecular weight is 314 g/mol. The fraction of sp³-hybridized carbons (Fsp3) is 0.316. The number of amides is 1. The number of halogens is 1. The number of hydrogen-bond donors (Lipinski definition) is 2. The second-order valence-electron chi connectivity index (χ2n) is 5.95. The first-order chi connectivity index (χ1) is 11.0. The molecule has 0 fully saturated rings. The van der Waals surface area contributed by atoms with Crippen LogP contribution in [0.4, 0.5) is 10.1 Å². The Hall–Kier alpha value is -2.36. The monoisotopic (exact) mass is 314 g/mol. The number of anilines is 1. The highest BCUT2D eigenvalue weighted by molar-refractivity contribution is 5.84. The number of hydrogen-bond acceptors (Lipinski definition) is 2. The summed E-state index contributed by atoms with van der Waals surface area (Å²) < 4.78 is 13.5. The Kier molecular flexibility index (Phi) is 5.74. The fourth-order valence-electron chi connectivity index (χ4n) is 2.26. The van der Waals surface area contributed by atoms with Crippen molar-refractivity contribution < 1.29 is 9.18 Å². The molecule has 1 atom stereocenters. The molecule has 1 unspecified atom stereocenters. The third-order valence-corrected chi connectivity index (χ3v) is 3.76. The molecule has 0 saturated heterocycles. The molecule has 4 heteroatoms. The van der Waals surface area contributed by atoms with Gasteiger partial charge in [0.25, 0.3) is 0 Å². The number of rotatable bonds is 6. The van der Waals surface area contributed by atoms with E-state index in [2.05, 4.69) is 36.6 Å². The van der Waals surface area contributed by atoms with Crippen molar-refractivity contribution in [2.24, 2.45) is 0 Å². The zero-order chi connectivity index (χ0) is 16.8. The number of carbonyl (C=O) groups is 1. The van der Waals surface area contributed by atoms with E-state index in [0.29, 0.717) is 11.5 Å². The van der Waals surface area contributed by atoms with Crippen LogP contribution in [-0.2, 0) is 11.3 Å². The summed E-state index contributed by atoms with van der Waals surface area (Å²) in [6.45, 7) is 6.25. The number of carbonyl (C=O) groups excluding carboxylic acids is 1. The molecule has 3 nitrogen and oxygen atoms in total. The van der Waals surface area contributed by atoms with E-state index in [0.717, 1.165) is 5.69 Å². The predicted molar refractivity (Wildman–Crippen MR) is 91.9 cm³/mol. The summed E-state index contributed by atoms with van der Waals surface area (Å²) in [6, 6.07) is 14.1. The van der Waals surface area contributed by atoms with Crippen molar-refractivity contribution in [1.82, 2.24) is 5.32 Å². The third-order valence-electron chi connectivity index (χ3n) is 3.76. The van der Waals surface area contributed by atoms with Crippen molar-refractivity contribution in [1.29, 1.82) is 0 Å². The Morgan fingerprint density at radius 1 is 1.04 bits per heavy atom. The Labute approximate surface area is 136 Å². The van der Waals surface area contributed by atoms with E-state index in [-0.39, 0.29) is 18.3 Å². The van der Waals surface area contributed by atoms with Crippen LogP contribution in [-0.4, -0.2) is 11.9 Å². The molecule has 0 heterocycles. The van der Waals surface area contributed by atoms with Gasteiger partial charge in [-0.1, -0.05) is 44.2 Å². The molecule has 2 aromatic rings. The molecule has 0 bridgehead atoms.